The smallest absolute Gasteiger partial charge is 0.304 e. The van der Waals surface area contributed by atoms with Crippen LogP contribution in [0.1, 0.15) is 17.5 Å². The zero-order valence-corrected chi connectivity index (χ0v) is 8.93. The van der Waals surface area contributed by atoms with Crippen molar-refractivity contribution in [2.75, 3.05) is 0 Å². The predicted octanol–water partition coefficient (Wildman–Crippen LogP) is 0.418. The first kappa shape index (κ1) is 10.1. The van der Waals surface area contributed by atoms with E-state index < -0.39 is 0 Å². The van der Waals surface area contributed by atoms with Gasteiger partial charge in [-0.25, -0.2) is 0 Å². The molecule has 0 saturated heterocycles. The number of aromatic nitrogens is 3. The molecule has 0 atom stereocenters. The van der Waals surface area contributed by atoms with Gasteiger partial charge in [0.2, 0.25) is 11.8 Å². The summed E-state index contributed by atoms with van der Waals surface area (Å²) in [6, 6.07) is 0. The lowest BCUT2D eigenvalue weighted by atomic mass is 10.5. The Morgan fingerprint density at radius 1 is 1.53 bits per heavy atom. The van der Waals surface area contributed by atoms with Crippen LogP contribution in [0.3, 0.4) is 0 Å². The van der Waals surface area contributed by atoms with Crippen molar-refractivity contribution in [3.63, 3.8) is 0 Å². The number of thiazole rings is 1. The van der Waals surface area contributed by atoms with E-state index in [9.17, 15) is 4.79 Å². The van der Waals surface area contributed by atoms with Crippen molar-refractivity contribution in [1.29, 1.82) is 0 Å². The summed E-state index contributed by atoms with van der Waals surface area (Å²) in [5, 5.41) is 12.4. The van der Waals surface area contributed by atoms with Gasteiger partial charge < -0.3 is 14.7 Å². The summed E-state index contributed by atoms with van der Waals surface area (Å²) in [6.45, 7) is 2.83. The van der Waals surface area contributed by atoms with Gasteiger partial charge in [0, 0.05) is 24.5 Å². The summed E-state index contributed by atoms with van der Waals surface area (Å²) in [7, 11) is 0. The molecule has 0 saturated carbocycles. The van der Waals surface area contributed by atoms with Gasteiger partial charge in [-0.1, -0.05) is 11.3 Å². The number of aryl methyl sites for hydroxylation is 1. The Hall–Kier alpha value is -1.47. The largest absolute Gasteiger partial charge is 0.424 e. The van der Waals surface area contributed by atoms with E-state index in [4.69, 9.17) is 4.42 Å². The lowest BCUT2D eigenvalue weighted by Gasteiger charge is -1.97. The van der Waals surface area contributed by atoms with Crippen molar-refractivity contribution in [3.8, 4) is 0 Å². The molecule has 2 heterocycles. The van der Waals surface area contributed by atoms with Crippen molar-refractivity contribution in [2.45, 2.75) is 20.0 Å². The molecule has 2 rings (SSSR count). The normalized spacial score (nSPS) is 10.7. The van der Waals surface area contributed by atoms with E-state index in [1.54, 1.807) is 12.3 Å². The third-order valence-electron chi connectivity index (χ3n) is 1.73. The summed E-state index contributed by atoms with van der Waals surface area (Å²) < 4.78 is 5.17. The Morgan fingerprint density at radius 2 is 2.40 bits per heavy atom. The van der Waals surface area contributed by atoms with Crippen LogP contribution in [0.2, 0.25) is 0 Å². The Labute approximate surface area is 89.4 Å². The monoisotopic (exact) mass is 226 g/mol. The third kappa shape index (κ3) is 2.74. The SMILES string of the molecule is Cc1nnc(CNCc2csc(=O)[nH]2)o1. The molecule has 0 aromatic carbocycles. The molecule has 6 nitrogen and oxygen atoms in total. The zero-order chi connectivity index (χ0) is 10.7. The van der Waals surface area contributed by atoms with E-state index >= 15 is 0 Å². The lowest BCUT2D eigenvalue weighted by molar-refractivity contribution is 0.446. The van der Waals surface area contributed by atoms with E-state index in [0.29, 0.717) is 24.9 Å². The second-order valence-corrected chi connectivity index (χ2v) is 3.83. The minimum atomic E-state index is -0.0413. The van der Waals surface area contributed by atoms with Gasteiger partial charge in [-0.3, -0.25) is 4.79 Å². The van der Waals surface area contributed by atoms with Gasteiger partial charge in [-0.05, 0) is 0 Å². The molecule has 2 aromatic rings. The van der Waals surface area contributed by atoms with Gasteiger partial charge in [0.25, 0.3) is 0 Å². The highest BCUT2D eigenvalue weighted by Crippen LogP contribution is 1.98. The molecule has 0 bridgehead atoms. The fraction of sp³-hybridized carbons (Fsp3) is 0.375. The van der Waals surface area contributed by atoms with Gasteiger partial charge in [-0.2, -0.15) is 0 Å². The highest BCUT2D eigenvalue weighted by atomic mass is 32.1. The Kier molecular flexibility index (Phi) is 2.93. The zero-order valence-electron chi connectivity index (χ0n) is 8.11. The Morgan fingerprint density at radius 3 is 3.00 bits per heavy atom. The van der Waals surface area contributed by atoms with Crippen LogP contribution in [0.15, 0.2) is 14.6 Å². The number of nitrogens with zero attached hydrogens (tertiary/aromatic N) is 2. The molecule has 0 fully saturated rings. The van der Waals surface area contributed by atoms with Crippen molar-refractivity contribution in [1.82, 2.24) is 20.5 Å². The van der Waals surface area contributed by atoms with Gasteiger partial charge in [0.15, 0.2) is 0 Å². The number of rotatable bonds is 4. The number of aromatic amines is 1. The molecule has 0 radical (unpaired) electrons. The highest BCUT2D eigenvalue weighted by Gasteiger charge is 2.01. The standard InChI is InChI=1S/C8H10N4O2S/c1-5-11-12-7(14-5)3-9-2-6-4-15-8(13)10-6/h4,9H,2-3H2,1H3,(H,10,13). The highest BCUT2D eigenvalue weighted by molar-refractivity contribution is 7.07. The molecule has 0 spiro atoms. The van der Waals surface area contributed by atoms with Crippen molar-refractivity contribution in [2.24, 2.45) is 0 Å². The number of nitrogens with one attached hydrogen (secondary N) is 2. The topological polar surface area (TPSA) is 83.8 Å². The molecule has 2 aromatic heterocycles. The molecule has 0 amide bonds. The molecule has 0 aliphatic carbocycles. The van der Waals surface area contributed by atoms with Crippen molar-refractivity contribution in [3.05, 3.63) is 32.5 Å². The van der Waals surface area contributed by atoms with Crippen molar-refractivity contribution < 1.29 is 4.42 Å². The molecule has 0 aliphatic heterocycles. The summed E-state index contributed by atoms with van der Waals surface area (Å²) in [6.07, 6.45) is 0. The number of H-pyrrole nitrogens is 1. The molecule has 80 valence electrons. The maximum atomic E-state index is 10.8. The molecular weight excluding hydrogens is 216 g/mol. The molecule has 0 aliphatic rings. The fourth-order valence-corrected chi connectivity index (χ4v) is 1.70. The minimum absolute atomic E-state index is 0.0413. The van der Waals surface area contributed by atoms with E-state index in [2.05, 4.69) is 20.5 Å². The van der Waals surface area contributed by atoms with Gasteiger partial charge >= 0.3 is 4.87 Å². The van der Waals surface area contributed by atoms with E-state index in [0.717, 1.165) is 17.0 Å². The minimum Gasteiger partial charge on any atom is -0.424 e. The first-order valence-corrected chi connectivity index (χ1v) is 5.28. The van der Waals surface area contributed by atoms with Crippen molar-refractivity contribution >= 4 is 11.3 Å². The first-order chi connectivity index (χ1) is 7.24. The van der Waals surface area contributed by atoms with Crippen LogP contribution in [0.5, 0.6) is 0 Å². The molecule has 7 heteroatoms. The van der Waals surface area contributed by atoms with E-state index in [1.165, 1.54) is 0 Å². The summed E-state index contributed by atoms with van der Waals surface area (Å²) >= 11 is 1.15. The molecule has 15 heavy (non-hydrogen) atoms. The average Bonchev–Trinajstić information content (AvgIpc) is 2.76. The molecular formula is C8H10N4O2S. The number of hydrogen-bond acceptors (Lipinski definition) is 6. The first-order valence-electron chi connectivity index (χ1n) is 4.40. The second kappa shape index (κ2) is 4.37. The van der Waals surface area contributed by atoms with Gasteiger partial charge in [0.05, 0.1) is 6.54 Å². The molecule has 2 N–H and O–H groups in total. The lowest BCUT2D eigenvalue weighted by Crippen LogP contribution is -2.14. The predicted molar refractivity (Wildman–Crippen MR) is 54.5 cm³/mol. The average molecular weight is 226 g/mol. The summed E-state index contributed by atoms with van der Waals surface area (Å²) in [5.41, 5.74) is 0.862. The van der Waals surface area contributed by atoms with Crippen LogP contribution in [-0.4, -0.2) is 15.2 Å². The van der Waals surface area contributed by atoms with Crippen LogP contribution >= 0.6 is 11.3 Å². The maximum Gasteiger partial charge on any atom is 0.304 e. The summed E-state index contributed by atoms with van der Waals surface area (Å²) in [5.74, 6) is 1.10. The van der Waals surface area contributed by atoms with Gasteiger partial charge in [-0.15, -0.1) is 10.2 Å². The number of hydrogen-bond donors (Lipinski definition) is 2. The van der Waals surface area contributed by atoms with Crippen LogP contribution in [0.25, 0.3) is 0 Å². The van der Waals surface area contributed by atoms with Crippen LogP contribution < -0.4 is 10.2 Å². The Bertz CT molecular complexity index is 487. The maximum absolute atomic E-state index is 10.8. The van der Waals surface area contributed by atoms with Crippen LogP contribution in [-0.2, 0) is 13.1 Å². The second-order valence-electron chi connectivity index (χ2n) is 2.99. The third-order valence-corrected chi connectivity index (χ3v) is 2.45. The van der Waals surface area contributed by atoms with Gasteiger partial charge in [0.1, 0.15) is 0 Å². The van der Waals surface area contributed by atoms with Crippen LogP contribution in [0, 0.1) is 6.92 Å². The van der Waals surface area contributed by atoms with E-state index in [-0.39, 0.29) is 4.87 Å². The van der Waals surface area contributed by atoms with E-state index in [1.807, 2.05) is 0 Å². The fourth-order valence-electron chi connectivity index (χ4n) is 1.11. The summed E-state index contributed by atoms with van der Waals surface area (Å²) in [4.78, 5) is 13.5. The quantitative estimate of drug-likeness (QED) is 0.789. The Balaban J connectivity index is 1.82. The molecule has 0 unspecified atom stereocenters. The van der Waals surface area contributed by atoms with Crippen LogP contribution in [0.4, 0.5) is 0 Å².